The molecule has 0 saturated carbocycles. The van der Waals surface area contributed by atoms with Crippen LogP contribution in [0.5, 0.6) is 0 Å². The molecule has 1 heterocycles. The molecule has 2 atom stereocenters. The lowest BCUT2D eigenvalue weighted by Gasteiger charge is -2.46. The van der Waals surface area contributed by atoms with Crippen LogP contribution >= 0.6 is 11.8 Å². The van der Waals surface area contributed by atoms with Gasteiger partial charge in [0.05, 0.1) is 17.0 Å². The zero-order valence-electron chi connectivity index (χ0n) is 15.6. The summed E-state index contributed by atoms with van der Waals surface area (Å²) in [5.74, 6) is -1.18. The molecular weight excluding hydrogens is 387 g/mol. The van der Waals surface area contributed by atoms with E-state index in [1.54, 1.807) is 18.7 Å². The number of nitrogens with zero attached hydrogens (tertiary/aromatic N) is 1. The molecule has 4 nitrogen and oxygen atoms in total. The van der Waals surface area contributed by atoms with Crippen molar-refractivity contribution in [2.24, 2.45) is 0 Å². The zero-order valence-corrected chi connectivity index (χ0v) is 16.4. The van der Waals surface area contributed by atoms with Gasteiger partial charge in [-0.1, -0.05) is 24.3 Å². The minimum Gasteiger partial charge on any atom is -0.346 e. The van der Waals surface area contributed by atoms with E-state index in [-0.39, 0.29) is 11.9 Å². The summed E-state index contributed by atoms with van der Waals surface area (Å²) in [4.78, 5) is 15.3. The second kappa shape index (κ2) is 7.16. The third kappa shape index (κ3) is 3.48. The van der Waals surface area contributed by atoms with E-state index in [9.17, 15) is 18.0 Å². The van der Waals surface area contributed by atoms with E-state index in [1.165, 1.54) is 24.1 Å². The van der Waals surface area contributed by atoms with Crippen LogP contribution in [0, 0.1) is 5.41 Å². The number of guanidine groups is 1. The van der Waals surface area contributed by atoms with Gasteiger partial charge < -0.3 is 5.32 Å². The second-order valence-corrected chi connectivity index (χ2v) is 7.74. The first-order valence-corrected chi connectivity index (χ1v) is 9.76. The van der Waals surface area contributed by atoms with Crippen molar-refractivity contribution in [3.63, 3.8) is 0 Å². The maximum absolute atomic E-state index is 13.1. The van der Waals surface area contributed by atoms with Crippen LogP contribution in [0.3, 0.4) is 0 Å². The molecule has 148 valence electrons. The number of halogens is 3. The predicted molar refractivity (Wildman–Crippen MR) is 103 cm³/mol. The third-order valence-corrected chi connectivity index (χ3v) is 5.83. The SMILES string of the molecule is CSc1cccc([C@@]2(C)NC(=N)N(C)C(=O)[C@H]2c2ccc(C(F)(F)F)cc2)c1. The number of hydrogen-bond donors (Lipinski definition) is 2. The van der Waals surface area contributed by atoms with Crippen LogP contribution in [0.2, 0.25) is 0 Å². The fourth-order valence-electron chi connectivity index (χ4n) is 3.48. The minimum absolute atomic E-state index is 0.0507. The van der Waals surface area contributed by atoms with E-state index in [1.807, 2.05) is 30.5 Å². The third-order valence-electron chi connectivity index (χ3n) is 5.11. The Balaban J connectivity index is 2.13. The Labute approximate surface area is 165 Å². The summed E-state index contributed by atoms with van der Waals surface area (Å²) >= 11 is 1.55. The van der Waals surface area contributed by atoms with Crippen molar-refractivity contribution >= 4 is 23.6 Å². The summed E-state index contributed by atoms with van der Waals surface area (Å²) < 4.78 is 38.8. The van der Waals surface area contributed by atoms with Crippen LogP contribution in [0.25, 0.3) is 0 Å². The summed E-state index contributed by atoms with van der Waals surface area (Å²) in [7, 11) is 1.48. The molecule has 2 N–H and O–H groups in total. The van der Waals surface area contributed by atoms with Gasteiger partial charge in [0.1, 0.15) is 0 Å². The van der Waals surface area contributed by atoms with Gasteiger partial charge in [-0.3, -0.25) is 15.1 Å². The van der Waals surface area contributed by atoms with E-state index in [0.29, 0.717) is 5.56 Å². The molecule has 2 aromatic rings. The number of carbonyl (C=O) groups is 1. The van der Waals surface area contributed by atoms with Crippen molar-refractivity contribution in [2.75, 3.05) is 13.3 Å². The summed E-state index contributed by atoms with van der Waals surface area (Å²) in [5.41, 5.74) is -0.497. The molecule has 8 heteroatoms. The Morgan fingerprint density at radius 1 is 1.18 bits per heavy atom. The van der Waals surface area contributed by atoms with E-state index < -0.39 is 23.2 Å². The van der Waals surface area contributed by atoms with Crippen molar-refractivity contribution < 1.29 is 18.0 Å². The number of benzene rings is 2. The van der Waals surface area contributed by atoms with Crippen molar-refractivity contribution in [1.82, 2.24) is 10.2 Å². The number of rotatable bonds is 3. The van der Waals surface area contributed by atoms with Crippen molar-refractivity contribution in [3.8, 4) is 0 Å². The summed E-state index contributed by atoms with van der Waals surface area (Å²) in [6, 6.07) is 12.2. The monoisotopic (exact) mass is 407 g/mol. The van der Waals surface area contributed by atoms with Crippen molar-refractivity contribution in [3.05, 3.63) is 65.2 Å². The molecule has 0 unspecified atom stereocenters. The maximum atomic E-state index is 13.1. The Morgan fingerprint density at radius 3 is 2.39 bits per heavy atom. The topological polar surface area (TPSA) is 56.2 Å². The van der Waals surface area contributed by atoms with Crippen LogP contribution in [-0.2, 0) is 16.5 Å². The Kier molecular flexibility index (Phi) is 5.18. The highest BCUT2D eigenvalue weighted by molar-refractivity contribution is 7.98. The Bertz CT molecular complexity index is 914. The average molecular weight is 407 g/mol. The van der Waals surface area contributed by atoms with Gasteiger partial charge >= 0.3 is 6.18 Å². The molecule has 1 amide bonds. The Morgan fingerprint density at radius 2 is 1.82 bits per heavy atom. The second-order valence-electron chi connectivity index (χ2n) is 6.86. The molecule has 1 saturated heterocycles. The summed E-state index contributed by atoms with van der Waals surface area (Å²) in [6.45, 7) is 1.80. The van der Waals surface area contributed by atoms with Crippen molar-refractivity contribution in [1.29, 1.82) is 5.41 Å². The molecule has 3 rings (SSSR count). The number of nitrogens with one attached hydrogen (secondary N) is 2. The fourth-order valence-corrected chi connectivity index (χ4v) is 3.94. The molecular formula is C20H20F3N3OS. The van der Waals surface area contributed by atoms with Crippen LogP contribution in [0.15, 0.2) is 53.4 Å². The van der Waals surface area contributed by atoms with E-state index in [0.717, 1.165) is 22.6 Å². The largest absolute Gasteiger partial charge is 0.416 e. The molecule has 1 fully saturated rings. The predicted octanol–water partition coefficient (Wildman–Crippen LogP) is 4.42. The molecule has 0 radical (unpaired) electrons. The lowest BCUT2D eigenvalue weighted by Crippen LogP contribution is -2.62. The Hall–Kier alpha value is -2.48. The number of likely N-dealkylation sites (N-methyl/N-ethyl adjacent to an activating group) is 1. The highest BCUT2D eigenvalue weighted by Crippen LogP contribution is 2.42. The van der Waals surface area contributed by atoms with Gasteiger partial charge in [0.25, 0.3) is 0 Å². The molecule has 28 heavy (non-hydrogen) atoms. The minimum atomic E-state index is -4.44. The zero-order chi connectivity index (χ0) is 20.7. The van der Waals surface area contributed by atoms with Gasteiger partial charge in [-0.05, 0) is 48.6 Å². The lowest BCUT2D eigenvalue weighted by molar-refractivity contribution is -0.137. The quantitative estimate of drug-likeness (QED) is 0.741. The molecule has 0 bridgehead atoms. The molecule has 0 aromatic heterocycles. The molecule has 0 aliphatic carbocycles. The van der Waals surface area contributed by atoms with E-state index in [2.05, 4.69) is 5.32 Å². The highest BCUT2D eigenvalue weighted by atomic mass is 32.2. The number of hydrogen-bond acceptors (Lipinski definition) is 3. The molecule has 0 spiro atoms. The highest BCUT2D eigenvalue weighted by Gasteiger charge is 2.48. The van der Waals surface area contributed by atoms with Gasteiger partial charge in [0, 0.05) is 11.9 Å². The van der Waals surface area contributed by atoms with Gasteiger partial charge in [0.2, 0.25) is 5.91 Å². The number of carbonyl (C=O) groups excluding carboxylic acids is 1. The van der Waals surface area contributed by atoms with Crippen LogP contribution < -0.4 is 5.32 Å². The number of alkyl halides is 3. The molecule has 2 aromatic carbocycles. The van der Waals surface area contributed by atoms with Crippen LogP contribution in [-0.4, -0.2) is 30.1 Å². The standard InChI is InChI=1S/C20H20F3N3OS/c1-19(14-5-4-6-15(11-14)28-3)16(17(27)26(2)18(24)25-19)12-7-9-13(10-8-12)20(21,22)23/h4-11,16H,1-3H3,(H2,24,25)/t16-,19-/m1/s1. The lowest BCUT2D eigenvalue weighted by atomic mass is 9.73. The first-order valence-electron chi connectivity index (χ1n) is 8.54. The van der Waals surface area contributed by atoms with E-state index in [4.69, 9.17) is 5.41 Å². The van der Waals surface area contributed by atoms with Gasteiger partial charge in [-0.25, -0.2) is 0 Å². The van der Waals surface area contributed by atoms with Crippen LogP contribution in [0.1, 0.15) is 29.5 Å². The summed E-state index contributed by atoms with van der Waals surface area (Å²) in [5, 5.41) is 11.2. The van der Waals surface area contributed by atoms with E-state index >= 15 is 0 Å². The van der Waals surface area contributed by atoms with Gasteiger partial charge in [-0.15, -0.1) is 11.8 Å². The number of amides is 1. The smallest absolute Gasteiger partial charge is 0.346 e. The van der Waals surface area contributed by atoms with Gasteiger partial charge in [-0.2, -0.15) is 13.2 Å². The van der Waals surface area contributed by atoms with Crippen LogP contribution in [0.4, 0.5) is 13.2 Å². The average Bonchev–Trinajstić information content (AvgIpc) is 2.66. The normalized spacial score (nSPS) is 22.9. The first kappa shape index (κ1) is 20.3. The van der Waals surface area contributed by atoms with Gasteiger partial charge in [0.15, 0.2) is 5.96 Å². The first-order chi connectivity index (χ1) is 13.1. The maximum Gasteiger partial charge on any atom is 0.416 e. The van der Waals surface area contributed by atoms with Crippen molar-refractivity contribution in [2.45, 2.75) is 29.5 Å². The molecule has 1 aliphatic heterocycles. The molecule has 1 aliphatic rings. The number of thioether (sulfide) groups is 1. The fraction of sp³-hybridized carbons (Fsp3) is 0.300. The summed E-state index contributed by atoms with van der Waals surface area (Å²) in [6.07, 6.45) is -2.51.